The number of nitrogens with one attached hydrogen (secondary N) is 2. The molecule has 1 atom stereocenters. The van der Waals surface area contributed by atoms with Crippen molar-refractivity contribution in [2.75, 3.05) is 6.61 Å². The van der Waals surface area contributed by atoms with E-state index in [0.29, 0.717) is 6.54 Å². The van der Waals surface area contributed by atoms with Crippen molar-refractivity contribution in [1.82, 2.24) is 10.6 Å². The minimum absolute atomic E-state index is 0.335. The zero-order valence-corrected chi connectivity index (χ0v) is 9.16. The molecule has 1 rings (SSSR count). The average Bonchev–Trinajstić information content (AvgIpc) is 2.75. The second-order valence-electron chi connectivity index (χ2n) is 2.98. The number of aliphatic hydroxyl groups is 1. The fraction of sp³-hybridized carbons (Fsp3) is 0.333. The lowest BCUT2D eigenvalue weighted by Crippen LogP contribution is -2.47. The van der Waals surface area contributed by atoms with E-state index in [1.165, 1.54) is 11.3 Å². The second-order valence-corrected chi connectivity index (χ2v) is 4.01. The van der Waals surface area contributed by atoms with Crippen LogP contribution in [0.5, 0.6) is 0 Å². The molecule has 7 heteroatoms. The van der Waals surface area contributed by atoms with Crippen molar-refractivity contribution >= 4 is 23.3 Å². The van der Waals surface area contributed by atoms with E-state index in [1.807, 2.05) is 17.5 Å². The Hall–Kier alpha value is -1.60. The van der Waals surface area contributed by atoms with Gasteiger partial charge in [0.25, 0.3) is 0 Å². The lowest BCUT2D eigenvalue weighted by atomic mass is 10.3. The number of amides is 2. The molecule has 16 heavy (non-hydrogen) atoms. The monoisotopic (exact) mass is 244 g/mol. The highest BCUT2D eigenvalue weighted by Gasteiger charge is 2.18. The first-order valence-electron chi connectivity index (χ1n) is 4.54. The van der Waals surface area contributed by atoms with Gasteiger partial charge < -0.3 is 20.8 Å². The number of aliphatic carboxylic acids is 1. The van der Waals surface area contributed by atoms with Gasteiger partial charge in [-0.15, -0.1) is 11.3 Å². The Morgan fingerprint density at radius 3 is 2.75 bits per heavy atom. The number of aliphatic hydroxyl groups excluding tert-OH is 1. The largest absolute Gasteiger partial charge is 0.480 e. The van der Waals surface area contributed by atoms with E-state index in [9.17, 15) is 9.59 Å². The highest BCUT2D eigenvalue weighted by atomic mass is 32.1. The normalized spacial score (nSPS) is 11.8. The third-order valence-electron chi connectivity index (χ3n) is 1.79. The lowest BCUT2D eigenvalue weighted by Gasteiger charge is -2.11. The molecule has 2 amide bonds. The van der Waals surface area contributed by atoms with Crippen LogP contribution in [0, 0.1) is 0 Å². The van der Waals surface area contributed by atoms with E-state index in [4.69, 9.17) is 10.2 Å². The minimum Gasteiger partial charge on any atom is -0.480 e. The summed E-state index contributed by atoms with van der Waals surface area (Å²) in [6, 6.07) is 1.82. The van der Waals surface area contributed by atoms with Gasteiger partial charge in [-0.2, -0.15) is 0 Å². The molecule has 0 aromatic carbocycles. The fourth-order valence-electron chi connectivity index (χ4n) is 0.975. The van der Waals surface area contributed by atoms with E-state index < -0.39 is 24.6 Å². The van der Waals surface area contributed by atoms with E-state index in [0.717, 1.165) is 4.88 Å². The fourth-order valence-corrected chi connectivity index (χ4v) is 1.62. The number of hydrogen-bond acceptors (Lipinski definition) is 4. The number of carboxylic acid groups (broad SMARTS) is 1. The van der Waals surface area contributed by atoms with Crippen molar-refractivity contribution in [3.63, 3.8) is 0 Å². The number of thiophene rings is 1. The number of carbonyl (C=O) groups excluding carboxylic acids is 1. The predicted octanol–water partition coefficient (Wildman–Crippen LogP) is -0.00720. The van der Waals surface area contributed by atoms with Crippen molar-refractivity contribution in [3.05, 3.63) is 22.4 Å². The Morgan fingerprint density at radius 2 is 2.25 bits per heavy atom. The van der Waals surface area contributed by atoms with Crippen LogP contribution in [0.1, 0.15) is 4.88 Å². The van der Waals surface area contributed by atoms with Gasteiger partial charge in [-0.3, -0.25) is 0 Å². The maximum atomic E-state index is 11.2. The molecule has 0 radical (unpaired) electrons. The molecule has 88 valence electrons. The van der Waals surface area contributed by atoms with Crippen molar-refractivity contribution < 1.29 is 19.8 Å². The first-order chi connectivity index (χ1) is 7.63. The molecular weight excluding hydrogens is 232 g/mol. The second kappa shape index (κ2) is 6.09. The van der Waals surface area contributed by atoms with Gasteiger partial charge in [0.15, 0.2) is 6.04 Å². The predicted molar refractivity (Wildman–Crippen MR) is 58.2 cm³/mol. The summed E-state index contributed by atoms with van der Waals surface area (Å²) in [5, 5.41) is 23.8. The molecule has 1 unspecified atom stereocenters. The molecule has 0 saturated heterocycles. The number of carboxylic acids is 1. The zero-order chi connectivity index (χ0) is 12.0. The number of hydrogen-bond donors (Lipinski definition) is 4. The lowest BCUT2D eigenvalue weighted by molar-refractivity contribution is -0.140. The summed E-state index contributed by atoms with van der Waals surface area (Å²) in [5.74, 6) is -1.27. The molecular formula is C9H12N2O4S. The van der Waals surface area contributed by atoms with Gasteiger partial charge in [0.2, 0.25) is 0 Å². The number of carbonyl (C=O) groups is 2. The van der Waals surface area contributed by atoms with Gasteiger partial charge in [-0.05, 0) is 11.4 Å². The standard InChI is InChI=1S/C9H12N2O4S/c12-5-7(8(13)14)11-9(15)10-4-6-2-1-3-16-6/h1-3,7,12H,4-5H2,(H,13,14)(H2,10,11,15). The molecule has 1 heterocycles. The quantitative estimate of drug-likeness (QED) is 0.585. The summed E-state index contributed by atoms with van der Waals surface area (Å²) in [4.78, 5) is 22.7. The molecule has 0 aliphatic rings. The zero-order valence-electron chi connectivity index (χ0n) is 8.34. The maximum absolute atomic E-state index is 11.2. The first kappa shape index (κ1) is 12.5. The van der Waals surface area contributed by atoms with Crippen LogP contribution in [0.3, 0.4) is 0 Å². The van der Waals surface area contributed by atoms with Crippen LogP contribution in [-0.4, -0.2) is 34.9 Å². The van der Waals surface area contributed by atoms with E-state index >= 15 is 0 Å². The maximum Gasteiger partial charge on any atom is 0.328 e. The molecule has 0 fully saturated rings. The van der Waals surface area contributed by atoms with Crippen LogP contribution in [0.4, 0.5) is 4.79 Å². The molecule has 0 saturated carbocycles. The Labute approximate surface area is 95.9 Å². The minimum atomic E-state index is -1.27. The highest BCUT2D eigenvalue weighted by Crippen LogP contribution is 2.06. The molecule has 6 nitrogen and oxygen atoms in total. The third kappa shape index (κ3) is 3.87. The molecule has 0 spiro atoms. The van der Waals surface area contributed by atoms with Crippen LogP contribution in [0.2, 0.25) is 0 Å². The van der Waals surface area contributed by atoms with E-state index in [2.05, 4.69) is 10.6 Å². The van der Waals surface area contributed by atoms with Gasteiger partial charge >= 0.3 is 12.0 Å². The Bertz CT molecular complexity index is 352. The smallest absolute Gasteiger partial charge is 0.328 e. The van der Waals surface area contributed by atoms with Gasteiger partial charge in [0.05, 0.1) is 13.2 Å². The summed E-state index contributed by atoms with van der Waals surface area (Å²) in [6.45, 7) is -0.303. The van der Waals surface area contributed by atoms with E-state index in [1.54, 1.807) is 0 Å². The van der Waals surface area contributed by atoms with E-state index in [-0.39, 0.29) is 0 Å². The topological polar surface area (TPSA) is 98.7 Å². The van der Waals surface area contributed by atoms with Crippen molar-refractivity contribution in [3.8, 4) is 0 Å². The van der Waals surface area contributed by atoms with Crippen molar-refractivity contribution in [2.45, 2.75) is 12.6 Å². The average molecular weight is 244 g/mol. The van der Waals surface area contributed by atoms with Gasteiger partial charge in [-0.25, -0.2) is 9.59 Å². The molecule has 4 N–H and O–H groups in total. The molecule has 1 aromatic heterocycles. The van der Waals surface area contributed by atoms with Crippen LogP contribution in [0.25, 0.3) is 0 Å². The van der Waals surface area contributed by atoms with Crippen LogP contribution >= 0.6 is 11.3 Å². The Balaban J connectivity index is 2.33. The van der Waals surface area contributed by atoms with Crippen molar-refractivity contribution in [1.29, 1.82) is 0 Å². The van der Waals surface area contributed by atoms with Gasteiger partial charge in [0.1, 0.15) is 0 Å². The molecule has 0 aliphatic heterocycles. The van der Waals surface area contributed by atoms with Gasteiger partial charge in [-0.1, -0.05) is 6.07 Å². The number of rotatable bonds is 5. The SMILES string of the molecule is O=C(NCc1cccs1)NC(CO)C(=O)O. The third-order valence-corrected chi connectivity index (χ3v) is 2.67. The van der Waals surface area contributed by atoms with Crippen molar-refractivity contribution in [2.24, 2.45) is 0 Å². The summed E-state index contributed by atoms with van der Waals surface area (Å²) in [6.07, 6.45) is 0. The highest BCUT2D eigenvalue weighted by molar-refractivity contribution is 7.09. The molecule has 0 bridgehead atoms. The summed E-state index contributed by atoms with van der Waals surface area (Å²) in [7, 11) is 0. The van der Waals surface area contributed by atoms with Crippen LogP contribution < -0.4 is 10.6 Å². The first-order valence-corrected chi connectivity index (χ1v) is 5.42. The Kier molecular flexibility index (Phi) is 4.74. The van der Waals surface area contributed by atoms with Gasteiger partial charge in [0, 0.05) is 4.88 Å². The Morgan fingerprint density at radius 1 is 1.50 bits per heavy atom. The summed E-state index contributed by atoms with van der Waals surface area (Å²) >= 11 is 1.49. The summed E-state index contributed by atoms with van der Waals surface area (Å²) < 4.78 is 0. The van der Waals surface area contributed by atoms with Crippen LogP contribution in [-0.2, 0) is 11.3 Å². The number of urea groups is 1. The molecule has 1 aromatic rings. The molecule has 0 aliphatic carbocycles. The van der Waals surface area contributed by atoms with Crippen LogP contribution in [0.15, 0.2) is 17.5 Å². The summed E-state index contributed by atoms with van der Waals surface area (Å²) in [5.41, 5.74) is 0.